The molecule has 0 saturated heterocycles. The first kappa shape index (κ1) is 18.1. The summed E-state index contributed by atoms with van der Waals surface area (Å²) in [5, 5.41) is 9.26. The van der Waals surface area contributed by atoms with Crippen LogP contribution in [-0.2, 0) is 18.0 Å². The molecule has 23 heavy (non-hydrogen) atoms. The lowest BCUT2D eigenvalue weighted by molar-refractivity contribution is -0.147. The molecule has 1 aliphatic carbocycles. The Balaban J connectivity index is 1.94. The van der Waals surface area contributed by atoms with E-state index >= 15 is 0 Å². The van der Waals surface area contributed by atoms with Gasteiger partial charge in [0.05, 0.1) is 5.25 Å². The van der Waals surface area contributed by atoms with Crippen molar-refractivity contribution in [1.82, 2.24) is 20.1 Å². The molecule has 1 N–H and O–H groups in total. The summed E-state index contributed by atoms with van der Waals surface area (Å²) in [5.41, 5.74) is 0. The maximum absolute atomic E-state index is 12.7. The molecule has 9 heteroatoms. The number of amides is 1. The van der Waals surface area contributed by atoms with Crippen LogP contribution in [0, 0.1) is 0 Å². The van der Waals surface area contributed by atoms with Crippen LogP contribution in [0.25, 0.3) is 0 Å². The van der Waals surface area contributed by atoms with Crippen molar-refractivity contribution in [2.24, 2.45) is 7.05 Å². The maximum Gasteiger partial charge on any atom is 0.451 e. The Bertz CT molecular complexity index is 539. The van der Waals surface area contributed by atoms with Crippen LogP contribution in [0.2, 0.25) is 0 Å². The van der Waals surface area contributed by atoms with Crippen LogP contribution in [0.15, 0.2) is 5.16 Å². The summed E-state index contributed by atoms with van der Waals surface area (Å²) in [6.45, 7) is 1.67. The van der Waals surface area contributed by atoms with E-state index in [1.165, 1.54) is 19.9 Å². The van der Waals surface area contributed by atoms with E-state index < -0.39 is 17.3 Å². The number of hydrogen-bond acceptors (Lipinski definition) is 4. The summed E-state index contributed by atoms with van der Waals surface area (Å²) in [4.78, 5) is 12.2. The number of thioether (sulfide) groups is 1. The second-order valence-corrected chi connectivity index (χ2v) is 7.13. The Morgan fingerprint density at radius 2 is 1.87 bits per heavy atom. The minimum absolute atomic E-state index is 0.0841. The van der Waals surface area contributed by atoms with Gasteiger partial charge in [-0.3, -0.25) is 4.79 Å². The predicted octanol–water partition coefficient (Wildman–Crippen LogP) is 3.15. The number of rotatable bonds is 4. The average Bonchev–Trinajstić information content (AvgIpc) is 2.68. The van der Waals surface area contributed by atoms with Gasteiger partial charge in [0.2, 0.25) is 11.7 Å². The zero-order valence-electron chi connectivity index (χ0n) is 13.2. The van der Waals surface area contributed by atoms with E-state index in [0.717, 1.165) is 42.0 Å². The molecule has 0 unspecified atom stereocenters. The highest BCUT2D eigenvalue weighted by Crippen LogP contribution is 2.30. The predicted molar refractivity (Wildman–Crippen MR) is 81.0 cm³/mol. The summed E-state index contributed by atoms with van der Waals surface area (Å²) >= 11 is 0.986. The molecule has 2 rings (SSSR count). The van der Waals surface area contributed by atoms with Crippen LogP contribution in [0.4, 0.5) is 13.2 Å². The Morgan fingerprint density at radius 1 is 1.26 bits per heavy atom. The number of nitrogens with zero attached hydrogens (tertiary/aromatic N) is 3. The van der Waals surface area contributed by atoms with Gasteiger partial charge in [0.15, 0.2) is 5.16 Å². The maximum atomic E-state index is 12.7. The van der Waals surface area contributed by atoms with E-state index in [0.29, 0.717) is 0 Å². The Kier molecular flexibility index (Phi) is 5.94. The highest BCUT2D eigenvalue weighted by atomic mass is 32.2. The van der Waals surface area contributed by atoms with Crippen molar-refractivity contribution < 1.29 is 18.0 Å². The zero-order chi connectivity index (χ0) is 17.0. The summed E-state index contributed by atoms with van der Waals surface area (Å²) in [5.74, 6) is -1.23. The third kappa shape index (κ3) is 4.86. The Hall–Kier alpha value is -1.25. The van der Waals surface area contributed by atoms with E-state index in [1.54, 1.807) is 6.92 Å². The monoisotopic (exact) mass is 350 g/mol. The summed E-state index contributed by atoms with van der Waals surface area (Å²) in [7, 11) is 1.25. The molecule has 1 aromatic heterocycles. The van der Waals surface area contributed by atoms with Gasteiger partial charge >= 0.3 is 6.18 Å². The number of aromatic nitrogens is 3. The molecule has 0 aliphatic heterocycles. The molecule has 1 saturated carbocycles. The molecule has 5 nitrogen and oxygen atoms in total. The van der Waals surface area contributed by atoms with Crippen molar-refractivity contribution in [3.8, 4) is 0 Å². The molecule has 0 spiro atoms. The zero-order valence-corrected chi connectivity index (χ0v) is 14.0. The molecule has 130 valence electrons. The van der Waals surface area contributed by atoms with Crippen molar-refractivity contribution in [3.63, 3.8) is 0 Å². The van der Waals surface area contributed by atoms with Crippen LogP contribution in [0.5, 0.6) is 0 Å². The summed E-state index contributed by atoms with van der Waals surface area (Å²) in [6.07, 6.45) is 1.96. The number of alkyl halides is 3. The smallest absolute Gasteiger partial charge is 0.352 e. The minimum atomic E-state index is -4.55. The van der Waals surface area contributed by atoms with E-state index in [9.17, 15) is 18.0 Å². The molecule has 0 radical (unpaired) electrons. The number of carbonyl (C=O) groups is 1. The molecule has 1 aliphatic rings. The van der Waals surface area contributed by atoms with Gasteiger partial charge in [0.1, 0.15) is 0 Å². The quantitative estimate of drug-likeness (QED) is 0.669. The van der Waals surface area contributed by atoms with Crippen molar-refractivity contribution >= 4 is 17.7 Å². The van der Waals surface area contributed by atoms with Gasteiger partial charge in [0.25, 0.3) is 0 Å². The number of carbonyl (C=O) groups excluding carboxylic acids is 1. The summed E-state index contributed by atoms with van der Waals surface area (Å²) < 4.78 is 39.0. The highest BCUT2D eigenvalue weighted by Gasteiger charge is 2.38. The molecule has 1 aromatic rings. The lowest BCUT2D eigenvalue weighted by atomic mass is 10.1. The minimum Gasteiger partial charge on any atom is -0.352 e. The number of hydrogen-bond donors (Lipinski definition) is 1. The summed E-state index contributed by atoms with van der Waals surface area (Å²) in [6, 6.07) is 0.165. The standard InChI is InChI=1S/C14H21F3N4OS/c1-9(11(22)18-10-7-5-3-4-6-8-10)23-13-20-19-12(21(13)2)14(15,16)17/h9-10H,3-8H2,1-2H3,(H,18,22)/t9-/m1/s1. The second kappa shape index (κ2) is 7.55. The fourth-order valence-electron chi connectivity index (χ4n) is 2.62. The van der Waals surface area contributed by atoms with Crippen molar-refractivity contribution in [1.29, 1.82) is 0 Å². The van der Waals surface area contributed by atoms with Gasteiger partial charge in [-0.2, -0.15) is 13.2 Å². The SMILES string of the molecule is C[C@@H](Sc1nnc(C(F)(F)F)n1C)C(=O)NC1CCCCCC1. The van der Waals surface area contributed by atoms with Gasteiger partial charge < -0.3 is 9.88 Å². The molecule has 1 amide bonds. The van der Waals surface area contributed by atoms with E-state index in [2.05, 4.69) is 15.5 Å². The topological polar surface area (TPSA) is 59.8 Å². The average molecular weight is 350 g/mol. The molecule has 1 fully saturated rings. The first-order chi connectivity index (χ1) is 10.8. The van der Waals surface area contributed by atoms with E-state index in [-0.39, 0.29) is 17.1 Å². The Labute approximate surface area is 137 Å². The van der Waals surface area contributed by atoms with Crippen LogP contribution >= 0.6 is 11.8 Å². The number of nitrogens with one attached hydrogen (secondary N) is 1. The molecule has 1 atom stereocenters. The molecule has 0 aromatic carbocycles. The molecular weight excluding hydrogens is 329 g/mol. The lowest BCUT2D eigenvalue weighted by Gasteiger charge is -2.19. The van der Waals surface area contributed by atoms with Gasteiger partial charge in [-0.1, -0.05) is 37.4 Å². The third-order valence-corrected chi connectivity index (χ3v) is 5.08. The van der Waals surface area contributed by atoms with Crippen molar-refractivity contribution in [3.05, 3.63) is 5.82 Å². The molecule has 1 heterocycles. The lowest BCUT2D eigenvalue weighted by Crippen LogP contribution is -2.39. The molecule has 0 bridgehead atoms. The van der Waals surface area contributed by atoms with Crippen LogP contribution in [0.3, 0.4) is 0 Å². The largest absolute Gasteiger partial charge is 0.451 e. The van der Waals surface area contributed by atoms with Gasteiger partial charge in [0, 0.05) is 13.1 Å². The molecular formula is C14H21F3N4OS. The first-order valence-electron chi connectivity index (χ1n) is 7.72. The fourth-order valence-corrected chi connectivity index (χ4v) is 3.44. The van der Waals surface area contributed by atoms with Crippen LogP contribution in [-0.4, -0.2) is 32.0 Å². The van der Waals surface area contributed by atoms with Crippen molar-refractivity contribution in [2.45, 2.75) is 68.1 Å². The Morgan fingerprint density at radius 3 is 2.39 bits per heavy atom. The van der Waals surface area contributed by atoms with Crippen molar-refractivity contribution in [2.75, 3.05) is 0 Å². The second-order valence-electron chi connectivity index (χ2n) is 5.82. The number of halogens is 3. The van der Waals surface area contributed by atoms with Gasteiger partial charge in [-0.25, -0.2) is 0 Å². The fraction of sp³-hybridized carbons (Fsp3) is 0.786. The first-order valence-corrected chi connectivity index (χ1v) is 8.60. The normalized spacial score (nSPS) is 18.5. The van der Waals surface area contributed by atoms with Crippen LogP contribution in [0.1, 0.15) is 51.3 Å². The van der Waals surface area contributed by atoms with E-state index in [4.69, 9.17) is 0 Å². The van der Waals surface area contributed by atoms with Gasteiger partial charge in [-0.15, -0.1) is 10.2 Å². The third-order valence-electron chi connectivity index (χ3n) is 3.94. The highest BCUT2D eigenvalue weighted by molar-refractivity contribution is 8.00. The van der Waals surface area contributed by atoms with E-state index in [1.807, 2.05) is 0 Å². The van der Waals surface area contributed by atoms with Crippen LogP contribution < -0.4 is 5.32 Å². The van der Waals surface area contributed by atoms with Gasteiger partial charge in [-0.05, 0) is 19.8 Å².